The molecule has 1 fully saturated rings. The van der Waals surface area contributed by atoms with Crippen molar-refractivity contribution < 1.29 is 9.90 Å². The van der Waals surface area contributed by atoms with E-state index in [1.807, 2.05) is 0 Å². The van der Waals surface area contributed by atoms with Crippen molar-refractivity contribution in [1.29, 1.82) is 0 Å². The molecule has 1 saturated heterocycles. The Labute approximate surface area is 71.6 Å². The van der Waals surface area contributed by atoms with Crippen LogP contribution in [0, 0.1) is 12.3 Å². The van der Waals surface area contributed by atoms with Crippen LogP contribution in [0.1, 0.15) is 0 Å². The molecule has 1 heterocycles. The van der Waals surface area contributed by atoms with E-state index in [0.717, 1.165) is 6.54 Å². The van der Waals surface area contributed by atoms with Crippen molar-refractivity contribution in [3.63, 3.8) is 0 Å². The number of terminal acetylenes is 1. The molecule has 4 nitrogen and oxygen atoms in total. The van der Waals surface area contributed by atoms with E-state index in [4.69, 9.17) is 11.5 Å². The van der Waals surface area contributed by atoms with Gasteiger partial charge in [0.2, 0.25) is 0 Å². The zero-order valence-corrected chi connectivity index (χ0v) is 6.79. The van der Waals surface area contributed by atoms with Gasteiger partial charge in [0.05, 0.1) is 6.54 Å². The minimum atomic E-state index is -0.808. The summed E-state index contributed by atoms with van der Waals surface area (Å²) < 4.78 is 0. The maximum absolute atomic E-state index is 10.7. The fraction of sp³-hybridized carbons (Fsp3) is 0.625. The Kier molecular flexibility index (Phi) is 3.09. The molecule has 0 radical (unpaired) electrons. The minimum absolute atomic E-state index is 0.415. The van der Waals surface area contributed by atoms with Crippen LogP contribution >= 0.6 is 0 Å². The summed E-state index contributed by atoms with van der Waals surface area (Å²) in [6.07, 6.45) is 5.12. The molecular weight excluding hydrogens is 156 g/mol. The van der Waals surface area contributed by atoms with E-state index in [2.05, 4.69) is 11.2 Å². The Morgan fingerprint density at radius 3 is 3.17 bits per heavy atom. The van der Waals surface area contributed by atoms with E-state index in [1.165, 1.54) is 0 Å². The topological polar surface area (TPSA) is 52.6 Å². The summed E-state index contributed by atoms with van der Waals surface area (Å²) in [5, 5.41) is 11.8. The van der Waals surface area contributed by atoms with Gasteiger partial charge in [0.15, 0.2) is 0 Å². The number of nitrogens with one attached hydrogen (secondary N) is 1. The van der Waals surface area contributed by atoms with Gasteiger partial charge < -0.3 is 10.4 Å². The monoisotopic (exact) mass is 168 g/mol. The van der Waals surface area contributed by atoms with Crippen LogP contribution in [0.3, 0.4) is 0 Å². The predicted molar refractivity (Wildman–Crippen MR) is 44.7 cm³/mol. The summed E-state index contributed by atoms with van der Waals surface area (Å²) in [4.78, 5) is 12.5. The highest BCUT2D eigenvalue weighted by molar-refractivity contribution is 5.74. The summed E-state index contributed by atoms with van der Waals surface area (Å²) in [6.45, 7) is 2.42. The molecule has 1 unspecified atom stereocenters. The number of carboxylic acid groups (broad SMARTS) is 1. The van der Waals surface area contributed by atoms with Gasteiger partial charge in [0.1, 0.15) is 6.04 Å². The maximum atomic E-state index is 10.7. The van der Waals surface area contributed by atoms with Crippen LogP contribution in [0.2, 0.25) is 0 Å². The lowest BCUT2D eigenvalue weighted by Gasteiger charge is -2.31. The van der Waals surface area contributed by atoms with E-state index in [9.17, 15) is 4.79 Å². The molecule has 0 bridgehead atoms. The van der Waals surface area contributed by atoms with Crippen molar-refractivity contribution in [2.45, 2.75) is 6.04 Å². The third-order valence-electron chi connectivity index (χ3n) is 1.93. The molecule has 1 atom stereocenters. The van der Waals surface area contributed by atoms with Gasteiger partial charge in [-0.3, -0.25) is 9.69 Å². The lowest BCUT2D eigenvalue weighted by Crippen LogP contribution is -2.54. The Bertz CT molecular complexity index is 210. The molecule has 66 valence electrons. The summed E-state index contributed by atoms with van der Waals surface area (Å²) in [7, 11) is 0. The fourth-order valence-electron chi connectivity index (χ4n) is 1.30. The SMILES string of the molecule is C#CCN1CCNCC1C(=O)O. The quantitative estimate of drug-likeness (QED) is 0.518. The number of aliphatic carboxylic acids is 1. The van der Waals surface area contributed by atoms with E-state index >= 15 is 0 Å². The minimum Gasteiger partial charge on any atom is -0.480 e. The van der Waals surface area contributed by atoms with E-state index in [-0.39, 0.29) is 0 Å². The molecule has 2 N–H and O–H groups in total. The Morgan fingerprint density at radius 2 is 2.58 bits per heavy atom. The molecule has 1 rings (SSSR count). The van der Waals surface area contributed by atoms with Crippen molar-refractivity contribution >= 4 is 5.97 Å². The highest BCUT2D eigenvalue weighted by atomic mass is 16.4. The number of carbonyl (C=O) groups is 1. The first-order chi connectivity index (χ1) is 5.75. The largest absolute Gasteiger partial charge is 0.480 e. The molecule has 0 aromatic heterocycles. The Morgan fingerprint density at radius 1 is 1.83 bits per heavy atom. The van der Waals surface area contributed by atoms with Crippen LogP contribution in [-0.2, 0) is 4.79 Å². The molecule has 0 spiro atoms. The van der Waals surface area contributed by atoms with Gasteiger partial charge in [-0.15, -0.1) is 6.42 Å². The van der Waals surface area contributed by atoms with Crippen LogP contribution in [0.5, 0.6) is 0 Å². The molecule has 0 aromatic carbocycles. The van der Waals surface area contributed by atoms with Crippen LogP contribution in [-0.4, -0.2) is 48.2 Å². The van der Waals surface area contributed by atoms with Crippen molar-refractivity contribution in [2.75, 3.05) is 26.2 Å². The van der Waals surface area contributed by atoms with Crippen LogP contribution in [0.25, 0.3) is 0 Å². The Balaban J connectivity index is 2.55. The summed E-state index contributed by atoms with van der Waals surface area (Å²) in [6, 6.07) is -0.463. The summed E-state index contributed by atoms with van der Waals surface area (Å²) >= 11 is 0. The lowest BCUT2D eigenvalue weighted by molar-refractivity contribution is -0.143. The average molecular weight is 168 g/mol. The summed E-state index contributed by atoms with van der Waals surface area (Å²) in [5.74, 6) is 1.65. The van der Waals surface area contributed by atoms with Crippen molar-refractivity contribution in [3.05, 3.63) is 0 Å². The number of carboxylic acids is 1. The van der Waals surface area contributed by atoms with Crippen LogP contribution < -0.4 is 5.32 Å². The zero-order valence-electron chi connectivity index (χ0n) is 6.79. The number of hydrogen-bond donors (Lipinski definition) is 2. The van der Waals surface area contributed by atoms with Gasteiger partial charge in [0, 0.05) is 19.6 Å². The highest BCUT2D eigenvalue weighted by Gasteiger charge is 2.27. The van der Waals surface area contributed by atoms with Gasteiger partial charge in [0.25, 0.3) is 0 Å². The van der Waals surface area contributed by atoms with Gasteiger partial charge in [-0.05, 0) is 0 Å². The van der Waals surface area contributed by atoms with Gasteiger partial charge in [-0.25, -0.2) is 0 Å². The van der Waals surface area contributed by atoms with Crippen LogP contribution in [0.15, 0.2) is 0 Å². The number of hydrogen-bond acceptors (Lipinski definition) is 3. The fourth-order valence-corrected chi connectivity index (χ4v) is 1.30. The normalized spacial score (nSPS) is 24.8. The second-order valence-corrected chi connectivity index (χ2v) is 2.73. The molecule has 0 amide bonds. The number of piperazine rings is 1. The smallest absolute Gasteiger partial charge is 0.322 e. The second kappa shape index (κ2) is 4.10. The average Bonchev–Trinajstić information content (AvgIpc) is 2.05. The first kappa shape index (κ1) is 9.04. The van der Waals surface area contributed by atoms with Gasteiger partial charge >= 0.3 is 5.97 Å². The van der Waals surface area contributed by atoms with Crippen molar-refractivity contribution in [2.24, 2.45) is 0 Å². The molecular formula is C8H12N2O2. The van der Waals surface area contributed by atoms with Crippen molar-refractivity contribution in [1.82, 2.24) is 10.2 Å². The third-order valence-corrected chi connectivity index (χ3v) is 1.93. The van der Waals surface area contributed by atoms with Crippen LogP contribution in [0.4, 0.5) is 0 Å². The molecule has 4 heteroatoms. The maximum Gasteiger partial charge on any atom is 0.322 e. The molecule has 1 aliphatic rings. The Hall–Kier alpha value is -1.05. The summed E-state index contributed by atoms with van der Waals surface area (Å²) in [5.41, 5.74) is 0. The van der Waals surface area contributed by atoms with E-state index in [0.29, 0.717) is 19.6 Å². The van der Waals surface area contributed by atoms with Gasteiger partial charge in [-0.1, -0.05) is 5.92 Å². The lowest BCUT2D eigenvalue weighted by atomic mass is 10.2. The molecule has 12 heavy (non-hydrogen) atoms. The number of nitrogens with zero attached hydrogens (tertiary/aromatic N) is 1. The number of rotatable bonds is 2. The highest BCUT2D eigenvalue weighted by Crippen LogP contribution is 2.01. The first-order valence-corrected chi connectivity index (χ1v) is 3.86. The van der Waals surface area contributed by atoms with E-state index in [1.54, 1.807) is 4.90 Å². The standard InChI is InChI=1S/C8H12N2O2/c1-2-4-10-5-3-9-6-7(10)8(11)12/h1,7,9H,3-6H2,(H,11,12). The molecule has 0 aliphatic carbocycles. The predicted octanol–water partition coefficient (Wildman–Crippen LogP) is -1.02. The first-order valence-electron chi connectivity index (χ1n) is 3.86. The third kappa shape index (κ3) is 1.97. The second-order valence-electron chi connectivity index (χ2n) is 2.73. The van der Waals surface area contributed by atoms with Gasteiger partial charge in [-0.2, -0.15) is 0 Å². The van der Waals surface area contributed by atoms with E-state index < -0.39 is 12.0 Å². The molecule has 1 aliphatic heterocycles. The van der Waals surface area contributed by atoms with Crippen molar-refractivity contribution in [3.8, 4) is 12.3 Å². The molecule has 0 saturated carbocycles. The molecule has 0 aromatic rings. The zero-order chi connectivity index (χ0) is 8.97.